The first-order chi connectivity index (χ1) is 7.77. The van der Waals surface area contributed by atoms with Gasteiger partial charge in [-0.15, -0.1) is 0 Å². The average molecular weight is 223 g/mol. The molecule has 0 aromatic heterocycles. The van der Waals surface area contributed by atoms with Crippen LogP contribution >= 0.6 is 0 Å². The topological polar surface area (TPSA) is 58.6 Å². The molecular weight excluding hydrogens is 206 g/mol. The van der Waals surface area contributed by atoms with Gasteiger partial charge >= 0.3 is 0 Å². The van der Waals surface area contributed by atoms with Crippen molar-refractivity contribution in [1.29, 1.82) is 0 Å². The molecular formula is C12H17NO3. The van der Waals surface area contributed by atoms with E-state index in [1.54, 1.807) is 0 Å². The number of aliphatic hydroxyl groups is 1. The lowest BCUT2D eigenvalue weighted by Gasteiger charge is -2.17. The van der Waals surface area contributed by atoms with Crippen molar-refractivity contribution in [3.8, 4) is 0 Å². The number of rotatable bonds is 6. The van der Waals surface area contributed by atoms with Crippen molar-refractivity contribution in [2.24, 2.45) is 0 Å². The number of carbonyl (C=O) groups is 1. The maximum absolute atomic E-state index is 11.4. The number of aliphatic hydroxyl groups excluding tert-OH is 1. The van der Waals surface area contributed by atoms with Crippen LogP contribution in [0.1, 0.15) is 18.0 Å². The Hall–Kier alpha value is -1.39. The van der Waals surface area contributed by atoms with Crippen LogP contribution in [-0.4, -0.2) is 31.3 Å². The molecule has 0 aliphatic heterocycles. The van der Waals surface area contributed by atoms with Crippen molar-refractivity contribution in [3.63, 3.8) is 0 Å². The minimum absolute atomic E-state index is 0.0345. The largest absolute Gasteiger partial charge is 0.396 e. The number of carbonyl (C=O) groups excluding carboxylic acids is 1. The summed E-state index contributed by atoms with van der Waals surface area (Å²) in [7, 11) is 1.48. The predicted octanol–water partition coefficient (Wildman–Crippen LogP) is 0.873. The number of methoxy groups -OCH3 is 1. The van der Waals surface area contributed by atoms with Crippen LogP contribution in [0.25, 0.3) is 0 Å². The van der Waals surface area contributed by atoms with Crippen LogP contribution in [0.2, 0.25) is 0 Å². The first kappa shape index (κ1) is 12.7. The number of amides is 1. The molecule has 1 atom stereocenters. The first-order valence-corrected chi connectivity index (χ1v) is 5.22. The summed E-state index contributed by atoms with van der Waals surface area (Å²) in [6, 6.07) is 9.41. The van der Waals surface area contributed by atoms with Crippen LogP contribution in [0.3, 0.4) is 0 Å². The molecule has 4 nitrogen and oxygen atoms in total. The van der Waals surface area contributed by atoms with Gasteiger partial charge in [-0.3, -0.25) is 4.79 Å². The Morgan fingerprint density at radius 1 is 1.44 bits per heavy atom. The average Bonchev–Trinajstić information content (AvgIpc) is 2.30. The molecule has 0 saturated heterocycles. The SMILES string of the molecule is COCC(=O)NC(CCO)c1ccccc1. The van der Waals surface area contributed by atoms with Gasteiger partial charge in [-0.2, -0.15) is 0 Å². The molecule has 0 fully saturated rings. The van der Waals surface area contributed by atoms with Crippen molar-refractivity contribution in [3.05, 3.63) is 35.9 Å². The van der Waals surface area contributed by atoms with Gasteiger partial charge in [0.15, 0.2) is 0 Å². The molecule has 1 aromatic rings. The van der Waals surface area contributed by atoms with E-state index in [1.165, 1.54) is 7.11 Å². The zero-order valence-electron chi connectivity index (χ0n) is 9.35. The van der Waals surface area contributed by atoms with E-state index >= 15 is 0 Å². The van der Waals surface area contributed by atoms with Gasteiger partial charge in [0.2, 0.25) is 5.91 Å². The monoisotopic (exact) mass is 223 g/mol. The Labute approximate surface area is 95.2 Å². The molecule has 0 aliphatic rings. The zero-order chi connectivity index (χ0) is 11.8. The predicted molar refractivity (Wildman–Crippen MR) is 60.9 cm³/mol. The summed E-state index contributed by atoms with van der Waals surface area (Å²) in [6.45, 7) is 0.0710. The van der Waals surface area contributed by atoms with Crippen molar-refractivity contribution in [1.82, 2.24) is 5.32 Å². The molecule has 1 amide bonds. The summed E-state index contributed by atoms with van der Waals surface area (Å²) >= 11 is 0. The van der Waals surface area contributed by atoms with Gasteiger partial charge in [0.1, 0.15) is 6.61 Å². The molecule has 0 spiro atoms. The molecule has 1 aromatic carbocycles. The third-order valence-electron chi connectivity index (χ3n) is 2.23. The highest BCUT2D eigenvalue weighted by Crippen LogP contribution is 2.15. The summed E-state index contributed by atoms with van der Waals surface area (Å²) < 4.78 is 4.74. The van der Waals surface area contributed by atoms with Crippen LogP contribution < -0.4 is 5.32 Å². The molecule has 0 aliphatic carbocycles. The standard InChI is InChI=1S/C12H17NO3/c1-16-9-12(15)13-11(7-8-14)10-5-3-2-4-6-10/h2-6,11,14H,7-9H2,1H3,(H,13,15). The summed E-state index contributed by atoms with van der Waals surface area (Å²) in [6.07, 6.45) is 0.499. The van der Waals surface area contributed by atoms with E-state index in [0.29, 0.717) is 6.42 Å². The molecule has 1 unspecified atom stereocenters. The van der Waals surface area contributed by atoms with E-state index in [1.807, 2.05) is 30.3 Å². The van der Waals surface area contributed by atoms with Crippen molar-refractivity contribution in [2.75, 3.05) is 20.3 Å². The number of nitrogens with one attached hydrogen (secondary N) is 1. The summed E-state index contributed by atoms with van der Waals surface area (Å²) in [4.78, 5) is 11.4. The number of benzene rings is 1. The fourth-order valence-electron chi connectivity index (χ4n) is 1.50. The lowest BCUT2D eigenvalue weighted by molar-refractivity contribution is -0.125. The minimum atomic E-state index is -0.176. The van der Waals surface area contributed by atoms with Gasteiger partial charge in [0.25, 0.3) is 0 Å². The Morgan fingerprint density at radius 2 is 2.12 bits per heavy atom. The lowest BCUT2D eigenvalue weighted by Crippen LogP contribution is -2.31. The second-order valence-corrected chi connectivity index (χ2v) is 3.48. The van der Waals surface area contributed by atoms with Crippen LogP contribution in [0, 0.1) is 0 Å². The molecule has 88 valence electrons. The maximum atomic E-state index is 11.4. The van der Waals surface area contributed by atoms with Gasteiger partial charge in [-0.05, 0) is 12.0 Å². The quantitative estimate of drug-likeness (QED) is 0.752. The van der Waals surface area contributed by atoms with E-state index in [2.05, 4.69) is 5.32 Å². The van der Waals surface area contributed by atoms with Gasteiger partial charge < -0.3 is 15.2 Å². The summed E-state index contributed by atoms with van der Waals surface area (Å²) in [5.41, 5.74) is 0.987. The molecule has 2 N–H and O–H groups in total. The minimum Gasteiger partial charge on any atom is -0.396 e. The highest BCUT2D eigenvalue weighted by atomic mass is 16.5. The molecule has 1 rings (SSSR count). The van der Waals surface area contributed by atoms with Crippen LogP contribution in [0.4, 0.5) is 0 Å². The normalized spacial score (nSPS) is 12.1. The van der Waals surface area contributed by atoms with Gasteiger partial charge in [0.05, 0.1) is 6.04 Å². The summed E-state index contributed by atoms with van der Waals surface area (Å²) in [5, 5.41) is 11.8. The highest BCUT2D eigenvalue weighted by molar-refractivity contribution is 5.77. The Bertz CT molecular complexity index is 313. The van der Waals surface area contributed by atoms with E-state index in [9.17, 15) is 4.79 Å². The fourth-order valence-corrected chi connectivity index (χ4v) is 1.50. The van der Waals surface area contributed by atoms with E-state index in [4.69, 9.17) is 9.84 Å². The van der Waals surface area contributed by atoms with E-state index in [0.717, 1.165) is 5.56 Å². The molecule has 4 heteroatoms. The first-order valence-electron chi connectivity index (χ1n) is 5.22. The Balaban J connectivity index is 2.64. The van der Waals surface area contributed by atoms with Gasteiger partial charge in [-0.1, -0.05) is 30.3 Å². The van der Waals surface area contributed by atoms with Gasteiger partial charge in [-0.25, -0.2) is 0 Å². The Kier molecular flexibility index (Phi) is 5.53. The second-order valence-electron chi connectivity index (χ2n) is 3.48. The molecule has 0 heterocycles. The van der Waals surface area contributed by atoms with Crippen LogP contribution in [0.5, 0.6) is 0 Å². The second kappa shape index (κ2) is 6.98. The number of hydrogen-bond acceptors (Lipinski definition) is 3. The Morgan fingerprint density at radius 3 is 2.69 bits per heavy atom. The third-order valence-corrected chi connectivity index (χ3v) is 2.23. The van der Waals surface area contributed by atoms with Crippen LogP contribution in [-0.2, 0) is 9.53 Å². The number of hydrogen-bond donors (Lipinski definition) is 2. The van der Waals surface area contributed by atoms with E-state index in [-0.39, 0.29) is 25.2 Å². The van der Waals surface area contributed by atoms with Crippen molar-refractivity contribution >= 4 is 5.91 Å². The molecule has 0 bridgehead atoms. The molecule has 0 saturated carbocycles. The van der Waals surface area contributed by atoms with Crippen molar-refractivity contribution < 1.29 is 14.6 Å². The van der Waals surface area contributed by atoms with Crippen molar-refractivity contribution in [2.45, 2.75) is 12.5 Å². The molecule has 0 radical (unpaired) electrons. The molecule has 16 heavy (non-hydrogen) atoms. The summed E-state index contributed by atoms with van der Waals surface area (Å²) in [5.74, 6) is -0.176. The maximum Gasteiger partial charge on any atom is 0.246 e. The van der Waals surface area contributed by atoms with E-state index < -0.39 is 0 Å². The number of ether oxygens (including phenoxy) is 1. The third kappa shape index (κ3) is 4.00. The fraction of sp³-hybridized carbons (Fsp3) is 0.417. The lowest BCUT2D eigenvalue weighted by atomic mass is 10.0. The highest BCUT2D eigenvalue weighted by Gasteiger charge is 2.13. The smallest absolute Gasteiger partial charge is 0.246 e. The van der Waals surface area contributed by atoms with Crippen LogP contribution in [0.15, 0.2) is 30.3 Å². The van der Waals surface area contributed by atoms with Gasteiger partial charge in [0, 0.05) is 13.7 Å². The zero-order valence-corrected chi connectivity index (χ0v) is 9.35.